The van der Waals surface area contributed by atoms with E-state index in [1.165, 1.54) is 42.0 Å². The van der Waals surface area contributed by atoms with Crippen molar-refractivity contribution in [3.63, 3.8) is 0 Å². The molecule has 0 radical (unpaired) electrons. The van der Waals surface area contributed by atoms with Crippen molar-refractivity contribution < 1.29 is 0 Å². The maximum atomic E-state index is 3.41. The molecule has 0 saturated carbocycles. The van der Waals surface area contributed by atoms with E-state index in [2.05, 4.69) is 55.2 Å². The Hall–Kier alpha value is -1.06. The van der Waals surface area contributed by atoms with Crippen molar-refractivity contribution in [2.24, 2.45) is 0 Å². The Kier molecular flexibility index (Phi) is 4.83. The average Bonchev–Trinajstić information content (AvgIpc) is 2.40. The first-order chi connectivity index (χ1) is 9.08. The van der Waals surface area contributed by atoms with Crippen molar-refractivity contribution in [1.29, 1.82) is 0 Å². The maximum absolute atomic E-state index is 3.41. The van der Waals surface area contributed by atoms with Crippen molar-refractivity contribution in [1.82, 2.24) is 10.2 Å². The number of piperazine rings is 1. The molecule has 1 heterocycles. The summed E-state index contributed by atoms with van der Waals surface area (Å²) >= 11 is 0. The van der Waals surface area contributed by atoms with Crippen LogP contribution in [-0.2, 0) is 6.42 Å². The minimum atomic E-state index is 1.13. The van der Waals surface area contributed by atoms with Gasteiger partial charge in [-0.25, -0.2) is 0 Å². The molecule has 3 heteroatoms. The molecule has 0 spiro atoms. The Bertz CT molecular complexity index is 420. The molecule has 0 amide bonds. The van der Waals surface area contributed by atoms with Gasteiger partial charge >= 0.3 is 0 Å². The molecule has 0 aromatic heterocycles. The average molecular weight is 261 g/mol. The second kappa shape index (κ2) is 6.40. The standard InChI is InChI=1S/C16H27N3/c1-13-11-15(16(18(3)4)12-14(13)2)5-8-19-9-6-17-7-10-19/h11-12,17H,5-10H2,1-4H3. The summed E-state index contributed by atoms with van der Waals surface area (Å²) in [5.41, 5.74) is 5.64. The molecule has 3 nitrogen and oxygen atoms in total. The van der Waals surface area contributed by atoms with Gasteiger partial charge in [0.25, 0.3) is 0 Å². The van der Waals surface area contributed by atoms with Gasteiger partial charge in [-0.2, -0.15) is 0 Å². The molecule has 1 aromatic rings. The first-order valence-electron chi connectivity index (χ1n) is 7.28. The van der Waals surface area contributed by atoms with Gasteiger partial charge in [0.1, 0.15) is 0 Å². The number of nitrogens with one attached hydrogen (secondary N) is 1. The lowest BCUT2D eigenvalue weighted by Gasteiger charge is -2.28. The van der Waals surface area contributed by atoms with Crippen molar-refractivity contribution in [2.75, 3.05) is 51.7 Å². The van der Waals surface area contributed by atoms with Gasteiger partial charge in [-0.1, -0.05) is 6.07 Å². The van der Waals surface area contributed by atoms with E-state index in [1.54, 1.807) is 0 Å². The quantitative estimate of drug-likeness (QED) is 0.892. The monoisotopic (exact) mass is 261 g/mol. The Morgan fingerprint density at radius 3 is 2.37 bits per heavy atom. The highest BCUT2D eigenvalue weighted by Gasteiger charge is 2.12. The predicted molar refractivity (Wildman–Crippen MR) is 83.3 cm³/mol. The highest BCUT2D eigenvalue weighted by molar-refractivity contribution is 5.56. The second-order valence-electron chi connectivity index (χ2n) is 5.80. The zero-order valence-electron chi connectivity index (χ0n) is 12.8. The van der Waals surface area contributed by atoms with E-state index >= 15 is 0 Å². The lowest BCUT2D eigenvalue weighted by molar-refractivity contribution is 0.244. The van der Waals surface area contributed by atoms with Crippen LogP contribution in [0.5, 0.6) is 0 Å². The van der Waals surface area contributed by atoms with E-state index in [4.69, 9.17) is 0 Å². The van der Waals surface area contributed by atoms with Gasteiger partial charge in [0.2, 0.25) is 0 Å². The number of nitrogens with zero attached hydrogens (tertiary/aromatic N) is 2. The minimum absolute atomic E-state index is 1.13. The Morgan fingerprint density at radius 2 is 1.74 bits per heavy atom. The molecule has 1 N–H and O–H groups in total. The van der Waals surface area contributed by atoms with Crippen LogP contribution in [0, 0.1) is 13.8 Å². The third-order valence-electron chi connectivity index (χ3n) is 4.08. The molecule has 0 aliphatic carbocycles. The summed E-state index contributed by atoms with van der Waals surface area (Å²) in [4.78, 5) is 4.80. The van der Waals surface area contributed by atoms with Crippen molar-refractivity contribution in [2.45, 2.75) is 20.3 Å². The van der Waals surface area contributed by atoms with Crippen LogP contribution in [0.3, 0.4) is 0 Å². The van der Waals surface area contributed by atoms with Gasteiger partial charge in [-0.15, -0.1) is 0 Å². The topological polar surface area (TPSA) is 18.5 Å². The Morgan fingerprint density at radius 1 is 1.11 bits per heavy atom. The molecule has 1 aliphatic heterocycles. The molecule has 1 aromatic carbocycles. The molecule has 0 atom stereocenters. The highest BCUT2D eigenvalue weighted by Crippen LogP contribution is 2.24. The summed E-state index contributed by atoms with van der Waals surface area (Å²) in [6.07, 6.45) is 1.15. The van der Waals surface area contributed by atoms with E-state index in [0.717, 1.165) is 19.5 Å². The molecule has 0 bridgehead atoms. The molecular formula is C16H27N3. The molecule has 2 rings (SSSR count). The molecule has 106 valence electrons. The first kappa shape index (κ1) is 14.4. The zero-order valence-corrected chi connectivity index (χ0v) is 12.8. The smallest absolute Gasteiger partial charge is 0.0396 e. The molecule has 1 saturated heterocycles. The van der Waals surface area contributed by atoms with Gasteiger partial charge in [0.15, 0.2) is 0 Å². The summed E-state index contributed by atoms with van der Waals surface area (Å²) < 4.78 is 0. The summed E-state index contributed by atoms with van der Waals surface area (Å²) in [5.74, 6) is 0. The number of hydrogen-bond donors (Lipinski definition) is 1. The van der Waals surface area contributed by atoms with Crippen LogP contribution in [0.1, 0.15) is 16.7 Å². The van der Waals surface area contributed by atoms with Crippen LogP contribution in [0.2, 0.25) is 0 Å². The van der Waals surface area contributed by atoms with Crippen LogP contribution in [0.4, 0.5) is 5.69 Å². The van der Waals surface area contributed by atoms with Crippen LogP contribution in [-0.4, -0.2) is 51.7 Å². The third kappa shape index (κ3) is 3.71. The summed E-state index contributed by atoms with van der Waals surface area (Å²) in [5, 5.41) is 3.41. The zero-order chi connectivity index (χ0) is 13.8. The van der Waals surface area contributed by atoms with E-state index in [-0.39, 0.29) is 0 Å². The number of benzene rings is 1. The van der Waals surface area contributed by atoms with Crippen LogP contribution >= 0.6 is 0 Å². The fraction of sp³-hybridized carbons (Fsp3) is 0.625. The lowest BCUT2D eigenvalue weighted by atomic mass is 10.0. The number of aryl methyl sites for hydroxylation is 2. The second-order valence-corrected chi connectivity index (χ2v) is 5.80. The SMILES string of the molecule is Cc1cc(CCN2CCNCC2)c(N(C)C)cc1C. The van der Waals surface area contributed by atoms with Gasteiger partial charge in [-0.3, -0.25) is 0 Å². The normalized spacial score (nSPS) is 16.6. The molecule has 1 aliphatic rings. The number of hydrogen-bond acceptors (Lipinski definition) is 3. The fourth-order valence-corrected chi connectivity index (χ4v) is 2.69. The van der Waals surface area contributed by atoms with Crippen LogP contribution in [0.25, 0.3) is 0 Å². The van der Waals surface area contributed by atoms with Crippen LogP contribution in [0.15, 0.2) is 12.1 Å². The van der Waals surface area contributed by atoms with E-state index in [1.807, 2.05) is 0 Å². The van der Waals surface area contributed by atoms with Gasteiger partial charge < -0.3 is 15.1 Å². The Balaban J connectivity index is 2.07. The molecule has 1 fully saturated rings. The molecule has 19 heavy (non-hydrogen) atoms. The van der Waals surface area contributed by atoms with Gasteiger partial charge in [0.05, 0.1) is 0 Å². The van der Waals surface area contributed by atoms with Gasteiger partial charge in [-0.05, 0) is 43.0 Å². The Labute approximate surface area is 117 Å². The van der Waals surface area contributed by atoms with Crippen molar-refractivity contribution in [3.05, 3.63) is 28.8 Å². The number of anilines is 1. The summed E-state index contributed by atoms with van der Waals surface area (Å²) in [7, 11) is 4.27. The first-order valence-corrected chi connectivity index (χ1v) is 7.28. The van der Waals surface area contributed by atoms with E-state index in [0.29, 0.717) is 0 Å². The number of rotatable bonds is 4. The fourth-order valence-electron chi connectivity index (χ4n) is 2.69. The van der Waals surface area contributed by atoms with Crippen LogP contribution < -0.4 is 10.2 Å². The van der Waals surface area contributed by atoms with Crippen molar-refractivity contribution in [3.8, 4) is 0 Å². The van der Waals surface area contributed by atoms with E-state index < -0.39 is 0 Å². The third-order valence-corrected chi connectivity index (χ3v) is 4.08. The predicted octanol–water partition coefficient (Wildman–Crippen LogP) is 1.82. The highest BCUT2D eigenvalue weighted by atomic mass is 15.2. The molecular weight excluding hydrogens is 234 g/mol. The summed E-state index contributed by atoms with van der Waals surface area (Å²) in [6.45, 7) is 10.2. The van der Waals surface area contributed by atoms with E-state index in [9.17, 15) is 0 Å². The van der Waals surface area contributed by atoms with Crippen molar-refractivity contribution >= 4 is 5.69 Å². The van der Waals surface area contributed by atoms with Gasteiger partial charge in [0, 0.05) is 52.5 Å². The lowest BCUT2D eigenvalue weighted by Crippen LogP contribution is -2.44. The molecule has 0 unspecified atom stereocenters. The maximum Gasteiger partial charge on any atom is 0.0396 e. The minimum Gasteiger partial charge on any atom is -0.377 e. The summed E-state index contributed by atoms with van der Waals surface area (Å²) in [6, 6.07) is 4.69. The largest absolute Gasteiger partial charge is 0.377 e.